The minimum Gasteiger partial charge on any atom is -0.340 e. The van der Waals surface area contributed by atoms with Gasteiger partial charge in [-0.05, 0) is 12.1 Å². The molecule has 0 aliphatic rings. The Kier molecular flexibility index (Phi) is 4.08. The Morgan fingerprint density at radius 2 is 1.76 bits per heavy atom. The maximum Gasteiger partial charge on any atom is 0.399 e. The molecule has 0 heterocycles. The fourth-order valence-corrected chi connectivity index (χ4v) is 0.951. The SMILES string of the molecule is O=C(CC(F)(F)F)ONC(=O)c1ccccc1. The zero-order valence-corrected chi connectivity index (χ0v) is 8.45. The number of amides is 1. The number of benzene rings is 1. The number of alkyl halides is 3. The molecule has 0 atom stereocenters. The van der Waals surface area contributed by atoms with E-state index in [0.717, 1.165) is 0 Å². The summed E-state index contributed by atoms with van der Waals surface area (Å²) in [4.78, 5) is 25.9. The molecule has 0 aromatic heterocycles. The quantitative estimate of drug-likeness (QED) is 0.811. The van der Waals surface area contributed by atoms with E-state index < -0.39 is 24.5 Å². The van der Waals surface area contributed by atoms with Crippen LogP contribution in [0, 0.1) is 0 Å². The molecule has 1 N–H and O–H groups in total. The van der Waals surface area contributed by atoms with Crippen LogP contribution in [0.5, 0.6) is 0 Å². The largest absolute Gasteiger partial charge is 0.399 e. The van der Waals surface area contributed by atoms with Crippen LogP contribution in [0.4, 0.5) is 13.2 Å². The zero-order valence-electron chi connectivity index (χ0n) is 8.45. The standard InChI is InChI=1S/C10H8F3NO3/c11-10(12,13)6-8(15)17-14-9(16)7-4-2-1-3-5-7/h1-5H,6H2,(H,14,16). The van der Waals surface area contributed by atoms with E-state index in [0.29, 0.717) is 0 Å². The Hall–Kier alpha value is -2.05. The molecule has 1 amide bonds. The predicted octanol–water partition coefficient (Wildman–Crippen LogP) is 1.83. The number of rotatable bonds is 2. The highest BCUT2D eigenvalue weighted by Crippen LogP contribution is 2.19. The smallest absolute Gasteiger partial charge is 0.340 e. The van der Waals surface area contributed by atoms with Crippen molar-refractivity contribution in [1.82, 2.24) is 5.48 Å². The lowest BCUT2D eigenvalue weighted by atomic mass is 10.2. The summed E-state index contributed by atoms with van der Waals surface area (Å²) in [5, 5.41) is 0. The number of halogens is 3. The summed E-state index contributed by atoms with van der Waals surface area (Å²) in [6.45, 7) is 0. The van der Waals surface area contributed by atoms with Gasteiger partial charge in [0.05, 0.1) is 0 Å². The van der Waals surface area contributed by atoms with E-state index in [1.165, 1.54) is 12.1 Å². The average Bonchev–Trinajstić information content (AvgIpc) is 2.25. The monoisotopic (exact) mass is 247 g/mol. The van der Waals surface area contributed by atoms with Crippen LogP contribution >= 0.6 is 0 Å². The first-order valence-electron chi connectivity index (χ1n) is 4.50. The summed E-state index contributed by atoms with van der Waals surface area (Å²) in [7, 11) is 0. The Bertz CT molecular complexity index is 403. The molecular formula is C10H8F3NO3. The molecule has 0 aliphatic carbocycles. The molecule has 0 fully saturated rings. The molecule has 0 spiro atoms. The Morgan fingerprint density at radius 1 is 1.18 bits per heavy atom. The molecule has 1 aromatic rings. The van der Waals surface area contributed by atoms with Crippen molar-refractivity contribution < 1.29 is 27.6 Å². The molecular weight excluding hydrogens is 239 g/mol. The fraction of sp³-hybridized carbons (Fsp3) is 0.200. The Balaban J connectivity index is 2.42. The second-order valence-corrected chi connectivity index (χ2v) is 3.06. The summed E-state index contributed by atoms with van der Waals surface area (Å²) < 4.78 is 35.2. The van der Waals surface area contributed by atoms with E-state index in [1.807, 2.05) is 0 Å². The van der Waals surface area contributed by atoms with Crippen molar-refractivity contribution in [2.75, 3.05) is 0 Å². The molecule has 7 heteroatoms. The summed E-state index contributed by atoms with van der Waals surface area (Å²) in [5.41, 5.74) is 1.81. The van der Waals surface area contributed by atoms with Crippen LogP contribution in [-0.4, -0.2) is 18.1 Å². The first-order valence-corrected chi connectivity index (χ1v) is 4.50. The summed E-state index contributed by atoms with van der Waals surface area (Å²) in [6.07, 6.45) is -6.41. The topological polar surface area (TPSA) is 55.4 Å². The minimum absolute atomic E-state index is 0.173. The van der Waals surface area contributed by atoms with Gasteiger partial charge in [0, 0.05) is 5.56 Å². The van der Waals surface area contributed by atoms with E-state index >= 15 is 0 Å². The van der Waals surface area contributed by atoms with Crippen LogP contribution in [0.25, 0.3) is 0 Å². The molecule has 92 valence electrons. The number of hydrogen-bond acceptors (Lipinski definition) is 3. The van der Waals surface area contributed by atoms with Gasteiger partial charge in [-0.2, -0.15) is 18.7 Å². The van der Waals surface area contributed by atoms with Crippen molar-refractivity contribution >= 4 is 11.9 Å². The highest BCUT2D eigenvalue weighted by atomic mass is 19.4. The van der Waals surface area contributed by atoms with E-state index in [4.69, 9.17) is 0 Å². The van der Waals surface area contributed by atoms with Crippen LogP contribution in [-0.2, 0) is 9.63 Å². The number of nitrogens with one attached hydrogen (secondary N) is 1. The molecule has 0 saturated heterocycles. The lowest BCUT2D eigenvalue weighted by molar-refractivity contribution is -0.175. The van der Waals surface area contributed by atoms with E-state index in [2.05, 4.69) is 4.84 Å². The van der Waals surface area contributed by atoms with Gasteiger partial charge in [0.1, 0.15) is 6.42 Å². The van der Waals surface area contributed by atoms with Crippen LogP contribution in [0.1, 0.15) is 16.8 Å². The predicted molar refractivity (Wildman–Crippen MR) is 50.7 cm³/mol. The molecule has 0 radical (unpaired) electrons. The summed E-state index contributed by atoms with van der Waals surface area (Å²) in [6, 6.07) is 7.63. The van der Waals surface area contributed by atoms with Gasteiger partial charge in [-0.15, -0.1) is 0 Å². The van der Waals surface area contributed by atoms with Gasteiger partial charge >= 0.3 is 12.1 Å². The number of carbonyl (C=O) groups excluding carboxylic acids is 2. The molecule has 0 bridgehead atoms. The number of hydrogen-bond donors (Lipinski definition) is 1. The van der Waals surface area contributed by atoms with Crippen LogP contribution in [0.3, 0.4) is 0 Å². The van der Waals surface area contributed by atoms with Crippen molar-refractivity contribution in [3.05, 3.63) is 35.9 Å². The van der Waals surface area contributed by atoms with Crippen LogP contribution in [0.15, 0.2) is 30.3 Å². The van der Waals surface area contributed by atoms with Crippen molar-refractivity contribution in [2.45, 2.75) is 12.6 Å². The molecule has 17 heavy (non-hydrogen) atoms. The van der Waals surface area contributed by atoms with Crippen LogP contribution < -0.4 is 5.48 Å². The zero-order chi connectivity index (χ0) is 12.9. The fourth-order valence-electron chi connectivity index (χ4n) is 0.951. The Labute approximate surface area is 94.3 Å². The number of hydroxylamine groups is 1. The highest BCUT2D eigenvalue weighted by Gasteiger charge is 2.32. The van der Waals surface area contributed by atoms with Gasteiger partial charge in [0.15, 0.2) is 0 Å². The van der Waals surface area contributed by atoms with Crippen molar-refractivity contribution in [3.63, 3.8) is 0 Å². The van der Waals surface area contributed by atoms with Gasteiger partial charge in [-0.1, -0.05) is 18.2 Å². The van der Waals surface area contributed by atoms with E-state index in [1.54, 1.807) is 23.7 Å². The van der Waals surface area contributed by atoms with E-state index in [-0.39, 0.29) is 5.56 Å². The van der Waals surface area contributed by atoms with Gasteiger partial charge in [-0.25, -0.2) is 4.79 Å². The second-order valence-electron chi connectivity index (χ2n) is 3.06. The normalized spacial score (nSPS) is 10.8. The summed E-state index contributed by atoms with van der Waals surface area (Å²) in [5.74, 6) is -2.36. The highest BCUT2D eigenvalue weighted by molar-refractivity contribution is 5.94. The molecule has 0 saturated carbocycles. The molecule has 4 nitrogen and oxygen atoms in total. The molecule has 1 rings (SSSR count). The van der Waals surface area contributed by atoms with Crippen LogP contribution in [0.2, 0.25) is 0 Å². The molecule has 1 aromatic carbocycles. The minimum atomic E-state index is -4.66. The lowest BCUT2D eigenvalue weighted by Gasteiger charge is -2.07. The summed E-state index contributed by atoms with van der Waals surface area (Å²) >= 11 is 0. The molecule has 0 aliphatic heterocycles. The maximum atomic E-state index is 11.7. The molecule has 0 unspecified atom stereocenters. The third-order valence-electron chi connectivity index (χ3n) is 1.64. The van der Waals surface area contributed by atoms with Gasteiger partial charge < -0.3 is 4.84 Å². The first-order chi connectivity index (χ1) is 7.88. The average molecular weight is 247 g/mol. The van der Waals surface area contributed by atoms with Gasteiger partial charge in [0.2, 0.25) is 0 Å². The second kappa shape index (κ2) is 5.33. The van der Waals surface area contributed by atoms with Crippen molar-refractivity contribution in [1.29, 1.82) is 0 Å². The third kappa shape index (κ3) is 5.01. The number of carbonyl (C=O) groups is 2. The lowest BCUT2D eigenvalue weighted by Crippen LogP contribution is -2.29. The maximum absolute atomic E-state index is 11.7. The van der Waals surface area contributed by atoms with Gasteiger partial charge in [-0.3, -0.25) is 4.79 Å². The van der Waals surface area contributed by atoms with E-state index in [9.17, 15) is 22.8 Å². The van der Waals surface area contributed by atoms with Crippen molar-refractivity contribution in [3.8, 4) is 0 Å². The Morgan fingerprint density at radius 3 is 2.29 bits per heavy atom. The third-order valence-corrected chi connectivity index (χ3v) is 1.64. The van der Waals surface area contributed by atoms with Crippen molar-refractivity contribution in [2.24, 2.45) is 0 Å². The first kappa shape index (κ1) is 13.0. The van der Waals surface area contributed by atoms with Gasteiger partial charge in [0.25, 0.3) is 5.91 Å².